The molecule has 0 atom stereocenters. The number of nitrogens with one attached hydrogen (secondary N) is 1. The molecule has 132 valence electrons. The second-order valence-corrected chi connectivity index (χ2v) is 6.60. The van der Waals surface area contributed by atoms with Crippen LogP contribution in [0.25, 0.3) is 0 Å². The van der Waals surface area contributed by atoms with Crippen LogP contribution in [0, 0.1) is 6.92 Å². The molecule has 1 amide bonds. The topological polar surface area (TPSA) is 32.3 Å². The lowest BCUT2D eigenvalue weighted by Gasteiger charge is -2.19. The summed E-state index contributed by atoms with van der Waals surface area (Å²) >= 11 is 0. The number of anilines is 2. The standard InChI is InChI=1S/C23H24N2O/c1-18-7-6-10-20(15-18)16-23(26)24-21-11-13-22(14-12-21)25(2)17-19-8-4-3-5-9-19/h3-15H,16-17H2,1-2H3,(H,24,26). The van der Waals surface area contributed by atoms with E-state index in [0.29, 0.717) is 6.42 Å². The van der Waals surface area contributed by atoms with Crippen molar-refractivity contribution in [1.82, 2.24) is 0 Å². The van der Waals surface area contributed by atoms with Crippen molar-refractivity contribution in [3.63, 3.8) is 0 Å². The molecule has 3 nitrogen and oxygen atoms in total. The van der Waals surface area contributed by atoms with Crippen molar-refractivity contribution in [2.45, 2.75) is 19.9 Å². The average Bonchev–Trinajstić information content (AvgIpc) is 2.63. The van der Waals surface area contributed by atoms with Crippen molar-refractivity contribution < 1.29 is 4.79 Å². The highest BCUT2D eigenvalue weighted by Crippen LogP contribution is 2.19. The number of aryl methyl sites for hydroxylation is 1. The molecule has 0 saturated heterocycles. The predicted molar refractivity (Wildman–Crippen MR) is 109 cm³/mol. The Balaban J connectivity index is 1.57. The van der Waals surface area contributed by atoms with Gasteiger partial charge < -0.3 is 10.2 Å². The van der Waals surface area contributed by atoms with Crippen LogP contribution in [0.15, 0.2) is 78.9 Å². The molecule has 0 aliphatic rings. The highest BCUT2D eigenvalue weighted by atomic mass is 16.1. The maximum Gasteiger partial charge on any atom is 0.228 e. The van der Waals surface area contributed by atoms with Crippen LogP contribution >= 0.6 is 0 Å². The Labute approximate surface area is 155 Å². The second kappa shape index (κ2) is 8.34. The summed E-state index contributed by atoms with van der Waals surface area (Å²) in [6, 6.07) is 26.4. The molecule has 3 heteroatoms. The van der Waals surface area contributed by atoms with Gasteiger partial charge in [0.1, 0.15) is 0 Å². The van der Waals surface area contributed by atoms with E-state index in [1.165, 1.54) is 11.1 Å². The minimum absolute atomic E-state index is 0.000917. The van der Waals surface area contributed by atoms with Gasteiger partial charge in [-0.05, 0) is 42.3 Å². The first-order valence-corrected chi connectivity index (χ1v) is 8.81. The Hall–Kier alpha value is -3.07. The average molecular weight is 344 g/mol. The fourth-order valence-corrected chi connectivity index (χ4v) is 2.96. The maximum absolute atomic E-state index is 12.2. The SMILES string of the molecule is Cc1cccc(CC(=O)Nc2ccc(N(C)Cc3ccccc3)cc2)c1. The quantitative estimate of drug-likeness (QED) is 0.696. The third-order valence-corrected chi connectivity index (χ3v) is 4.30. The smallest absolute Gasteiger partial charge is 0.228 e. The monoisotopic (exact) mass is 344 g/mol. The Morgan fingerprint density at radius 2 is 1.58 bits per heavy atom. The number of nitrogens with zero attached hydrogens (tertiary/aromatic N) is 1. The van der Waals surface area contributed by atoms with Crippen LogP contribution in [0.2, 0.25) is 0 Å². The van der Waals surface area contributed by atoms with E-state index in [-0.39, 0.29) is 5.91 Å². The lowest BCUT2D eigenvalue weighted by atomic mass is 10.1. The van der Waals surface area contributed by atoms with E-state index in [0.717, 1.165) is 23.5 Å². The zero-order valence-electron chi connectivity index (χ0n) is 15.3. The van der Waals surface area contributed by atoms with Crippen LogP contribution in [0.4, 0.5) is 11.4 Å². The lowest BCUT2D eigenvalue weighted by Crippen LogP contribution is -2.17. The van der Waals surface area contributed by atoms with Crippen LogP contribution in [0.5, 0.6) is 0 Å². The molecular formula is C23H24N2O. The number of hydrogen-bond acceptors (Lipinski definition) is 2. The summed E-state index contributed by atoms with van der Waals surface area (Å²) < 4.78 is 0. The molecule has 1 N–H and O–H groups in total. The van der Waals surface area contributed by atoms with E-state index < -0.39 is 0 Å². The van der Waals surface area contributed by atoms with Crippen molar-refractivity contribution >= 4 is 17.3 Å². The summed E-state index contributed by atoms with van der Waals surface area (Å²) in [5.41, 5.74) is 5.40. The first kappa shape index (κ1) is 17.7. The molecule has 0 aliphatic carbocycles. The van der Waals surface area contributed by atoms with Gasteiger partial charge in [-0.2, -0.15) is 0 Å². The first-order chi connectivity index (χ1) is 12.6. The summed E-state index contributed by atoms with van der Waals surface area (Å²) in [4.78, 5) is 14.4. The Kier molecular flexibility index (Phi) is 5.69. The van der Waals surface area contributed by atoms with Gasteiger partial charge in [0.05, 0.1) is 6.42 Å². The number of rotatable bonds is 6. The molecular weight excluding hydrogens is 320 g/mol. The van der Waals surface area contributed by atoms with E-state index in [1.54, 1.807) is 0 Å². The minimum atomic E-state index is 0.000917. The lowest BCUT2D eigenvalue weighted by molar-refractivity contribution is -0.115. The van der Waals surface area contributed by atoms with Crippen molar-refractivity contribution in [1.29, 1.82) is 0 Å². The van der Waals surface area contributed by atoms with Gasteiger partial charge in [0.15, 0.2) is 0 Å². The first-order valence-electron chi connectivity index (χ1n) is 8.81. The van der Waals surface area contributed by atoms with E-state index in [1.807, 2.05) is 61.5 Å². The van der Waals surface area contributed by atoms with E-state index in [4.69, 9.17) is 0 Å². The van der Waals surface area contributed by atoms with Gasteiger partial charge in [-0.3, -0.25) is 4.79 Å². The number of amides is 1. The number of hydrogen-bond donors (Lipinski definition) is 1. The van der Waals surface area contributed by atoms with Crippen LogP contribution in [-0.2, 0) is 17.8 Å². The van der Waals surface area contributed by atoms with Crippen LogP contribution in [-0.4, -0.2) is 13.0 Å². The van der Waals surface area contributed by atoms with Crippen molar-refractivity contribution in [3.05, 3.63) is 95.6 Å². The Bertz CT molecular complexity index is 857. The van der Waals surface area contributed by atoms with Gasteiger partial charge in [-0.25, -0.2) is 0 Å². The molecule has 26 heavy (non-hydrogen) atoms. The van der Waals surface area contributed by atoms with Crippen molar-refractivity contribution in [3.8, 4) is 0 Å². The van der Waals surface area contributed by atoms with E-state index in [9.17, 15) is 4.79 Å². The summed E-state index contributed by atoms with van der Waals surface area (Å²) in [7, 11) is 2.07. The van der Waals surface area contributed by atoms with E-state index >= 15 is 0 Å². The number of benzene rings is 3. The summed E-state index contributed by atoms with van der Waals surface area (Å²) in [5.74, 6) is 0.000917. The van der Waals surface area contributed by atoms with Crippen LogP contribution in [0.3, 0.4) is 0 Å². The fraction of sp³-hybridized carbons (Fsp3) is 0.174. The molecule has 0 unspecified atom stereocenters. The van der Waals surface area contributed by atoms with Crippen molar-refractivity contribution in [2.24, 2.45) is 0 Å². The van der Waals surface area contributed by atoms with Crippen LogP contribution in [0.1, 0.15) is 16.7 Å². The fourth-order valence-electron chi connectivity index (χ4n) is 2.96. The molecule has 0 fully saturated rings. The van der Waals surface area contributed by atoms with Gasteiger partial charge in [0, 0.05) is 25.0 Å². The molecule has 3 rings (SSSR count). The predicted octanol–water partition coefficient (Wildman–Crippen LogP) is 4.81. The van der Waals surface area contributed by atoms with Gasteiger partial charge >= 0.3 is 0 Å². The van der Waals surface area contributed by atoms with Gasteiger partial charge in [-0.15, -0.1) is 0 Å². The Morgan fingerprint density at radius 1 is 0.885 bits per heavy atom. The molecule has 0 aromatic heterocycles. The normalized spacial score (nSPS) is 10.4. The summed E-state index contributed by atoms with van der Waals surface area (Å²) in [6.07, 6.45) is 0.386. The van der Waals surface area contributed by atoms with Crippen molar-refractivity contribution in [2.75, 3.05) is 17.3 Å². The summed E-state index contributed by atoms with van der Waals surface area (Å²) in [6.45, 7) is 2.88. The molecule has 3 aromatic rings. The van der Waals surface area contributed by atoms with Gasteiger partial charge in [0.2, 0.25) is 5.91 Å². The zero-order valence-corrected chi connectivity index (χ0v) is 15.3. The molecule has 0 saturated carbocycles. The molecule has 0 aliphatic heterocycles. The molecule has 0 heterocycles. The third-order valence-electron chi connectivity index (χ3n) is 4.30. The highest BCUT2D eigenvalue weighted by Gasteiger charge is 2.06. The number of carbonyl (C=O) groups excluding carboxylic acids is 1. The molecule has 0 spiro atoms. The molecule has 0 radical (unpaired) electrons. The van der Waals surface area contributed by atoms with Crippen LogP contribution < -0.4 is 10.2 Å². The second-order valence-electron chi connectivity index (χ2n) is 6.60. The highest BCUT2D eigenvalue weighted by molar-refractivity contribution is 5.92. The molecule has 0 bridgehead atoms. The number of carbonyl (C=O) groups is 1. The third kappa shape index (κ3) is 4.96. The summed E-state index contributed by atoms with van der Waals surface area (Å²) in [5, 5.41) is 2.97. The zero-order chi connectivity index (χ0) is 18.4. The maximum atomic E-state index is 12.2. The molecule has 3 aromatic carbocycles. The largest absolute Gasteiger partial charge is 0.370 e. The minimum Gasteiger partial charge on any atom is -0.370 e. The Morgan fingerprint density at radius 3 is 2.27 bits per heavy atom. The van der Waals surface area contributed by atoms with Gasteiger partial charge in [0.25, 0.3) is 0 Å². The van der Waals surface area contributed by atoms with E-state index in [2.05, 4.69) is 41.5 Å². The van der Waals surface area contributed by atoms with Gasteiger partial charge in [-0.1, -0.05) is 60.2 Å².